The van der Waals surface area contributed by atoms with Gasteiger partial charge in [0.2, 0.25) is 0 Å². The molecule has 0 aliphatic heterocycles. The minimum atomic E-state index is 0.411. The van der Waals surface area contributed by atoms with Crippen molar-refractivity contribution < 1.29 is 0 Å². The molecule has 280 valence electrons. The molecule has 0 N–H and O–H groups in total. The van der Waals surface area contributed by atoms with Gasteiger partial charge in [-0.2, -0.15) is 0 Å². The Morgan fingerprint density at radius 2 is 1.08 bits per heavy atom. The van der Waals surface area contributed by atoms with E-state index in [-0.39, 0.29) is 0 Å². The standard InChI is InChI=1S/C57H42N2/c1-39-13-9-25-54-56(39)57-53(24-12-26-55(57)59(54)47-19-3-2-4-20-47)46-18-10-21-49(38-46)58(50-36-33-40-14-5-6-16-45(40)37-50)48-34-31-42(32-35-48)41-27-29-44(30-28-41)52-23-11-17-43-15-7-8-22-51(43)52/h2-12,14-39H,13H2,1H3. The predicted molar refractivity (Wildman–Crippen MR) is 251 cm³/mol. The van der Waals surface area contributed by atoms with Crippen molar-refractivity contribution in [2.75, 3.05) is 4.90 Å². The van der Waals surface area contributed by atoms with Crippen molar-refractivity contribution >= 4 is 55.6 Å². The van der Waals surface area contributed by atoms with Crippen molar-refractivity contribution in [3.8, 4) is 39.1 Å². The Morgan fingerprint density at radius 3 is 1.92 bits per heavy atom. The van der Waals surface area contributed by atoms with Crippen LogP contribution in [0.4, 0.5) is 17.1 Å². The van der Waals surface area contributed by atoms with Crippen molar-refractivity contribution in [3.05, 3.63) is 224 Å². The van der Waals surface area contributed by atoms with Gasteiger partial charge in [0, 0.05) is 28.1 Å². The second-order valence-electron chi connectivity index (χ2n) is 15.8. The first kappa shape index (κ1) is 34.8. The van der Waals surface area contributed by atoms with E-state index in [0.29, 0.717) is 5.92 Å². The van der Waals surface area contributed by atoms with Crippen LogP contribution in [-0.2, 0) is 0 Å². The van der Waals surface area contributed by atoms with E-state index in [0.717, 1.165) is 23.5 Å². The van der Waals surface area contributed by atoms with Gasteiger partial charge in [0.25, 0.3) is 0 Å². The first-order valence-electron chi connectivity index (χ1n) is 20.7. The predicted octanol–water partition coefficient (Wildman–Crippen LogP) is 15.9. The summed E-state index contributed by atoms with van der Waals surface area (Å²) >= 11 is 0. The van der Waals surface area contributed by atoms with Gasteiger partial charge in [-0.3, -0.25) is 0 Å². The van der Waals surface area contributed by atoms with Gasteiger partial charge >= 0.3 is 0 Å². The van der Waals surface area contributed by atoms with Gasteiger partial charge in [-0.15, -0.1) is 0 Å². The minimum Gasteiger partial charge on any atom is -0.310 e. The molecule has 1 heterocycles. The van der Waals surface area contributed by atoms with Gasteiger partial charge in [0.1, 0.15) is 0 Å². The molecule has 2 nitrogen and oxygen atoms in total. The Labute approximate surface area is 345 Å². The zero-order chi connectivity index (χ0) is 39.3. The fraction of sp³-hybridized carbons (Fsp3) is 0.0526. The monoisotopic (exact) mass is 754 g/mol. The fourth-order valence-electron chi connectivity index (χ4n) is 9.35. The average molecular weight is 755 g/mol. The Hall–Kier alpha value is -7.42. The van der Waals surface area contributed by atoms with Crippen LogP contribution in [0.1, 0.15) is 30.5 Å². The van der Waals surface area contributed by atoms with E-state index in [1.165, 1.54) is 82.8 Å². The molecule has 0 radical (unpaired) electrons. The van der Waals surface area contributed by atoms with Crippen molar-refractivity contribution in [2.24, 2.45) is 0 Å². The zero-order valence-electron chi connectivity index (χ0n) is 33.0. The van der Waals surface area contributed by atoms with Crippen LogP contribution in [0.3, 0.4) is 0 Å². The van der Waals surface area contributed by atoms with Gasteiger partial charge in [0.05, 0.1) is 11.2 Å². The Morgan fingerprint density at radius 1 is 0.458 bits per heavy atom. The van der Waals surface area contributed by atoms with E-state index in [1.807, 2.05) is 0 Å². The molecule has 0 bridgehead atoms. The first-order valence-corrected chi connectivity index (χ1v) is 20.7. The maximum Gasteiger partial charge on any atom is 0.0544 e. The Kier molecular flexibility index (Phi) is 8.56. The third kappa shape index (κ3) is 6.13. The summed E-state index contributed by atoms with van der Waals surface area (Å²) < 4.78 is 2.45. The molecule has 1 aliphatic rings. The zero-order valence-corrected chi connectivity index (χ0v) is 33.0. The lowest BCUT2D eigenvalue weighted by molar-refractivity contribution is 0.773. The molecule has 1 atom stereocenters. The van der Waals surface area contributed by atoms with E-state index in [9.17, 15) is 0 Å². The van der Waals surface area contributed by atoms with Gasteiger partial charge in [-0.1, -0.05) is 165 Å². The first-order chi connectivity index (χ1) is 29.2. The van der Waals surface area contributed by atoms with Crippen LogP contribution in [0.15, 0.2) is 212 Å². The number of nitrogens with zero attached hydrogens (tertiary/aromatic N) is 2. The second kappa shape index (κ2) is 14.5. The summed E-state index contributed by atoms with van der Waals surface area (Å²) in [6.07, 6.45) is 5.70. The van der Waals surface area contributed by atoms with Crippen LogP contribution in [-0.4, -0.2) is 4.57 Å². The summed E-state index contributed by atoms with van der Waals surface area (Å²) in [6, 6.07) is 75.3. The molecule has 10 aromatic rings. The average Bonchev–Trinajstić information content (AvgIpc) is 3.65. The molecule has 0 spiro atoms. The van der Waals surface area contributed by atoms with Crippen molar-refractivity contribution in [2.45, 2.75) is 19.3 Å². The minimum absolute atomic E-state index is 0.411. The highest BCUT2D eigenvalue weighted by Crippen LogP contribution is 2.45. The number of para-hydroxylation sites is 1. The molecule has 1 aromatic heterocycles. The van der Waals surface area contributed by atoms with Crippen LogP contribution >= 0.6 is 0 Å². The van der Waals surface area contributed by atoms with Gasteiger partial charge in [-0.05, 0) is 134 Å². The third-order valence-electron chi connectivity index (χ3n) is 12.2. The van der Waals surface area contributed by atoms with E-state index < -0.39 is 0 Å². The molecule has 1 unspecified atom stereocenters. The van der Waals surface area contributed by atoms with E-state index >= 15 is 0 Å². The molecule has 59 heavy (non-hydrogen) atoms. The summed E-state index contributed by atoms with van der Waals surface area (Å²) in [7, 11) is 0. The molecule has 11 rings (SSSR count). The van der Waals surface area contributed by atoms with Crippen LogP contribution in [0.2, 0.25) is 0 Å². The van der Waals surface area contributed by atoms with E-state index in [1.54, 1.807) is 0 Å². The molecule has 1 aliphatic carbocycles. The van der Waals surface area contributed by atoms with Crippen LogP contribution < -0.4 is 4.90 Å². The molecular formula is C57H42N2. The van der Waals surface area contributed by atoms with Crippen molar-refractivity contribution in [3.63, 3.8) is 0 Å². The number of allylic oxidation sites excluding steroid dienone is 1. The van der Waals surface area contributed by atoms with Crippen LogP contribution in [0.5, 0.6) is 0 Å². The topological polar surface area (TPSA) is 8.17 Å². The Balaban J connectivity index is 1.01. The lowest BCUT2D eigenvalue weighted by Gasteiger charge is -2.27. The normalized spacial score (nSPS) is 13.5. The van der Waals surface area contributed by atoms with Crippen LogP contribution in [0, 0.1) is 0 Å². The van der Waals surface area contributed by atoms with Gasteiger partial charge in [-0.25, -0.2) is 0 Å². The molecule has 0 saturated carbocycles. The number of anilines is 3. The lowest BCUT2D eigenvalue weighted by atomic mass is 9.88. The number of hydrogen-bond acceptors (Lipinski definition) is 1. The summed E-state index contributed by atoms with van der Waals surface area (Å²) in [5, 5.41) is 6.33. The van der Waals surface area contributed by atoms with Crippen molar-refractivity contribution in [1.82, 2.24) is 4.57 Å². The summed E-state index contributed by atoms with van der Waals surface area (Å²) in [5.41, 5.74) is 15.8. The quantitative estimate of drug-likeness (QED) is 0.157. The maximum atomic E-state index is 2.45. The smallest absolute Gasteiger partial charge is 0.0544 e. The van der Waals surface area contributed by atoms with Gasteiger partial charge < -0.3 is 9.47 Å². The largest absolute Gasteiger partial charge is 0.310 e. The Bertz CT molecular complexity index is 3180. The summed E-state index contributed by atoms with van der Waals surface area (Å²) in [4.78, 5) is 2.40. The second-order valence-corrected chi connectivity index (χ2v) is 15.8. The highest BCUT2D eigenvalue weighted by molar-refractivity contribution is 6.03. The molecule has 0 fully saturated rings. The molecule has 2 heteroatoms. The molecule has 9 aromatic carbocycles. The van der Waals surface area contributed by atoms with Crippen molar-refractivity contribution in [1.29, 1.82) is 0 Å². The molecule has 0 amide bonds. The third-order valence-corrected chi connectivity index (χ3v) is 12.2. The van der Waals surface area contributed by atoms with Gasteiger partial charge in [0.15, 0.2) is 0 Å². The molecular weight excluding hydrogens is 713 g/mol. The maximum absolute atomic E-state index is 2.45. The highest BCUT2D eigenvalue weighted by Gasteiger charge is 2.25. The highest BCUT2D eigenvalue weighted by atomic mass is 15.1. The van der Waals surface area contributed by atoms with E-state index in [4.69, 9.17) is 0 Å². The van der Waals surface area contributed by atoms with E-state index in [2.05, 4.69) is 235 Å². The SMILES string of the molecule is CC1CC=Cc2c1c1c(-c3cccc(N(c4ccc(-c5ccc(-c6cccc7ccccc67)cc5)cc4)c4ccc5ccccc5c4)c3)cccc1n2-c1ccccc1. The number of rotatable bonds is 7. The molecule has 0 saturated heterocycles. The lowest BCUT2D eigenvalue weighted by Crippen LogP contribution is -2.10. The number of benzene rings is 9. The number of hydrogen-bond donors (Lipinski definition) is 0. The summed E-state index contributed by atoms with van der Waals surface area (Å²) in [5.74, 6) is 0.411. The summed E-state index contributed by atoms with van der Waals surface area (Å²) in [6.45, 7) is 2.37. The fourth-order valence-corrected chi connectivity index (χ4v) is 9.35. The van der Waals surface area contributed by atoms with Crippen LogP contribution in [0.25, 0.3) is 77.6 Å². The number of fused-ring (bicyclic) bond motifs is 5. The number of aromatic nitrogens is 1.